The average Bonchev–Trinajstić information content (AvgIpc) is 2.84. The smallest absolute Gasteiger partial charge is 0.261 e. The molecule has 0 unspecified atom stereocenters. The SMILES string of the molecule is O=C(Nc1ccc(Cl)cc1)c1cnn2cc(Br)cnc12. The van der Waals surface area contributed by atoms with E-state index in [4.69, 9.17) is 11.6 Å². The summed E-state index contributed by atoms with van der Waals surface area (Å²) in [5.41, 5.74) is 1.57. The van der Waals surface area contributed by atoms with E-state index in [1.54, 1.807) is 41.2 Å². The Balaban J connectivity index is 1.91. The summed E-state index contributed by atoms with van der Waals surface area (Å²) in [6.45, 7) is 0. The number of anilines is 1. The van der Waals surface area contributed by atoms with Crippen LogP contribution in [0.1, 0.15) is 10.4 Å². The first kappa shape index (κ1) is 13.1. The lowest BCUT2D eigenvalue weighted by molar-refractivity contribution is 0.102. The highest BCUT2D eigenvalue weighted by molar-refractivity contribution is 9.10. The zero-order valence-corrected chi connectivity index (χ0v) is 12.4. The van der Waals surface area contributed by atoms with E-state index in [0.29, 0.717) is 21.9 Å². The second-order valence-electron chi connectivity index (χ2n) is 4.06. The number of carbonyl (C=O) groups excluding carboxylic acids is 1. The van der Waals surface area contributed by atoms with Gasteiger partial charge in [0.1, 0.15) is 5.56 Å². The predicted octanol–water partition coefficient (Wildman–Crippen LogP) is 3.40. The van der Waals surface area contributed by atoms with Gasteiger partial charge in [0.25, 0.3) is 5.91 Å². The van der Waals surface area contributed by atoms with Crippen LogP contribution >= 0.6 is 27.5 Å². The van der Waals surface area contributed by atoms with Crippen LogP contribution < -0.4 is 5.32 Å². The van der Waals surface area contributed by atoms with Crippen molar-refractivity contribution in [2.45, 2.75) is 0 Å². The van der Waals surface area contributed by atoms with Gasteiger partial charge >= 0.3 is 0 Å². The normalized spacial score (nSPS) is 10.7. The lowest BCUT2D eigenvalue weighted by Crippen LogP contribution is -2.11. The van der Waals surface area contributed by atoms with Crippen molar-refractivity contribution in [3.8, 4) is 0 Å². The van der Waals surface area contributed by atoms with Crippen molar-refractivity contribution in [3.63, 3.8) is 0 Å². The van der Waals surface area contributed by atoms with E-state index < -0.39 is 0 Å². The number of nitrogens with one attached hydrogen (secondary N) is 1. The molecule has 20 heavy (non-hydrogen) atoms. The van der Waals surface area contributed by atoms with Gasteiger partial charge in [-0.05, 0) is 40.2 Å². The van der Waals surface area contributed by atoms with Gasteiger partial charge in [-0.1, -0.05) is 11.6 Å². The molecule has 1 N–H and O–H groups in total. The highest BCUT2D eigenvalue weighted by Crippen LogP contribution is 2.16. The molecule has 0 aliphatic rings. The van der Waals surface area contributed by atoms with Crippen molar-refractivity contribution in [1.82, 2.24) is 14.6 Å². The topological polar surface area (TPSA) is 59.3 Å². The third-order valence-corrected chi connectivity index (χ3v) is 3.33. The number of aromatic nitrogens is 3. The van der Waals surface area contributed by atoms with E-state index in [1.807, 2.05) is 0 Å². The van der Waals surface area contributed by atoms with Gasteiger partial charge in [0, 0.05) is 23.1 Å². The molecule has 1 amide bonds. The molecule has 3 rings (SSSR count). The molecule has 0 aliphatic heterocycles. The van der Waals surface area contributed by atoms with Crippen LogP contribution in [-0.2, 0) is 0 Å². The molecule has 5 nitrogen and oxygen atoms in total. The molecule has 2 heterocycles. The number of rotatable bonds is 2. The third kappa shape index (κ3) is 2.52. The Morgan fingerprint density at radius 3 is 2.75 bits per heavy atom. The molecule has 0 saturated carbocycles. The van der Waals surface area contributed by atoms with Crippen LogP contribution in [0.3, 0.4) is 0 Å². The number of benzene rings is 1. The highest BCUT2D eigenvalue weighted by atomic mass is 79.9. The van der Waals surface area contributed by atoms with Gasteiger partial charge < -0.3 is 5.32 Å². The minimum Gasteiger partial charge on any atom is -0.322 e. The van der Waals surface area contributed by atoms with E-state index in [-0.39, 0.29) is 5.91 Å². The first-order chi connectivity index (χ1) is 9.63. The number of halogens is 2. The van der Waals surface area contributed by atoms with Gasteiger partial charge in [-0.25, -0.2) is 9.50 Å². The molecule has 0 bridgehead atoms. The monoisotopic (exact) mass is 350 g/mol. The minimum atomic E-state index is -0.267. The summed E-state index contributed by atoms with van der Waals surface area (Å²) >= 11 is 9.10. The number of hydrogen-bond acceptors (Lipinski definition) is 3. The Bertz CT molecular complexity index is 785. The fraction of sp³-hybridized carbons (Fsp3) is 0. The van der Waals surface area contributed by atoms with Gasteiger partial charge in [0.2, 0.25) is 0 Å². The van der Waals surface area contributed by atoms with E-state index in [9.17, 15) is 4.79 Å². The number of fused-ring (bicyclic) bond motifs is 1. The van der Waals surface area contributed by atoms with Crippen LogP contribution in [0.2, 0.25) is 5.02 Å². The zero-order valence-electron chi connectivity index (χ0n) is 10.0. The van der Waals surface area contributed by atoms with Gasteiger partial charge in [-0.15, -0.1) is 0 Å². The van der Waals surface area contributed by atoms with Gasteiger partial charge in [-0.3, -0.25) is 4.79 Å². The maximum atomic E-state index is 12.2. The standard InChI is InChI=1S/C13H8BrClN4O/c14-8-5-16-12-11(6-17-19(12)7-8)13(20)18-10-3-1-9(15)2-4-10/h1-7H,(H,18,20). The van der Waals surface area contributed by atoms with Crippen molar-refractivity contribution in [3.05, 3.63) is 57.9 Å². The summed E-state index contributed by atoms with van der Waals surface area (Å²) < 4.78 is 2.33. The predicted molar refractivity (Wildman–Crippen MR) is 80.1 cm³/mol. The van der Waals surface area contributed by atoms with Crippen LogP contribution in [-0.4, -0.2) is 20.5 Å². The summed E-state index contributed by atoms with van der Waals surface area (Å²) in [4.78, 5) is 16.4. The molecule has 1 aromatic carbocycles. The van der Waals surface area contributed by atoms with Crippen molar-refractivity contribution in [2.24, 2.45) is 0 Å². The second kappa shape index (κ2) is 5.22. The Morgan fingerprint density at radius 1 is 1.25 bits per heavy atom. The van der Waals surface area contributed by atoms with Crippen molar-refractivity contribution < 1.29 is 4.79 Å². The number of carbonyl (C=O) groups is 1. The lowest BCUT2D eigenvalue weighted by Gasteiger charge is -2.03. The van der Waals surface area contributed by atoms with Crippen molar-refractivity contribution in [1.29, 1.82) is 0 Å². The highest BCUT2D eigenvalue weighted by Gasteiger charge is 2.14. The molecule has 0 saturated heterocycles. The minimum absolute atomic E-state index is 0.267. The van der Waals surface area contributed by atoms with E-state index in [0.717, 1.165) is 4.47 Å². The van der Waals surface area contributed by atoms with Crippen LogP contribution in [0.25, 0.3) is 5.65 Å². The molecule has 2 aromatic heterocycles. The van der Waals surface area contributed by atoms with Gasteiger partial charge in [0.05, 0.1) is 10.7 Å². The van der Waals surface area contributed by atoms with Crippen LogP contribution in [0.4, 0.5) is 5.69 Å². The summed E-state index contributed by atoms with van der Waals surface area (Å²) in [6.07, 6.45) is 4.84. The lowest BCUT2D eigenvalue weighted by atomic mass is 10.2. The van der Waals surface area contributed by atoms with E-state index in [1.165, 1.54) is 6.20 Å². The molecule has 0 fully saturated rings. The zero-order chi connectivity index (χ0) is 14.1. The molecular formula is C13H8BrClN4O. The molecule has 0 aliphatic carbocycles. The number of hydrogen-bond donors (Lipinski definition) is 1. The Hall–Kier alpha value is -1.92. The van der Waals surface area contributed by atoms with Crippen LogP contribution in [0, 0.1) is 0 Å². The fourth-order valence-corrected chi connectivity index (χ4v) is 2.17. The first-order valence-electron chi connectivity index (χ1n) is 5.69. The maximum absolute atomic E-state index is 12.2. The fourth-order valence-electron chi connectivity index (χ4n) is 1.74. The molecule has 100 valence electrons. The number of nitrogens with zero attached hydrogens (tertiary/aromatic N) is 3. The molecule has 3 aromatic rings. The van der Waals surface area contributed by atoms with E-state index in [2.05, 4.69) is 31.3 Å². The maximum Gasteiger partial charge on any atom is 0.261 e. The summed E-state index contributed by atoms with van der Waals surface area (Å²) in [6, 6.07) is 6.89. The van der Waals surface area contributed by atoms with E-state index >= 15 is 0 Å². The Morgan fingerprint density at radius 2 is 2.00 bits per heavy atom. The van der Waals surface area contributed by atoms with Crippen molar-refractivity contribution in [2.75, 3.05) is 5.32 Å². The van der Waals surface area contributed by atoms with Crippen molar-refractivity contribution >= 4 is 44.8 Å². The third-order valence-electron chi connectivity index (χ3n) is 2.67. The summed E-state index contributed by atoms with van der Waals surface area (Å²) in [5, 5.41) is 7.49. The van der Waals surface area contributed by atoms with Gasteiger partial charge in [0.15, 0.2) is 5.65 Å². The second-order valence-corrected chi connectivity index (χ2v) is 5.41. The first-order valence-corrected chi connectivity index (χ1v) is 6.86. The molecule has 0 atom stereocenters. The largest absolute Gasteiger partial charge is 0.322 e. The Labute approximate surface area is 127 Å². The Kier molecular flexibility index (Phi) is 3.42. The average molecular weight is 352 g/mol. The van der Waals surface area contributed by atoms with Crippen LogP contribution in [0.15, 0.2) is 47.3 Å². The molecule has 0 spiro atoms. The van der Waals surface area contributed by atoms with Gasteiger partial charge in [-0.2, -0.15) is 5.10 Å². The summed E-state index contributed by atoms with van der Waals surface area (Å²) in [5.74, 6) is -0.267. The number of amides is 1. The molecular weight excluding hydrogens is 344 g/mol. The quantitative estimate of drug-likeness (QED) is 0.770. The molecule has 0 radical (unpaired) electrons. The van der Waals surface area contributed by atoms with Crippen LogP contribution in [0.5, 0.6) is 0 Å². The summed E-state index contributed by atoms with van der Waals surface area (Å²) in [7, 11) is 0. The molecule has 7 heteroatoms.